The second-order valence-corrected chi connectivity index (χ2v) is 4.68. The SMILES string of the molecule is CCN(C(C)C)C(/C=C/C(F)(F)F)c1ccccc1. The van der Waals surface area contributed by atoms with Crippen molar-refractivity contribution in [2.75, 3.05) is 6.54 Å². The average molecular weight is 271 g/mol. The Morgan fingerprint density at radius 2 is 1.74 bits per heavy atom. The van der Waals surface area contributed by atoms with Gasteiger partial charge < -0.3 is 0 Å². The fourth-order valence-corrected chi connectivity index (χ4v) is 2.15. The van der Waals surface area contributed by atoms with Crippen LogP contribution in [0, 0.1) is 0 Å². The smallest absolute Gasteiger partial charge is 0.291 e. The number of benzene rings is 1. The minimum Gasteiger partial charge on any atom is -0.291 e. The van der Waals surface area contributed by atoms with Crippen LogP contribution in [0.5, 0.6) is 0 Å². The van der Waals surface area contributed by atoms with Gasteiger partial charge in [0.2, 0.25) is 0 Å². The lowest BCUT2D eigenvalue weighted by molar-refractivity contribution is -0.0804. The quantitative estimate of drug-likeness (QED) is 0.709. The van der Waals surface area contributed by atoms with Gasteiger partial charge >= 0.3 is 6.18 Å². The maximum Gasteiger partial charge on any atom is 0.409 e. The molecule has 0 aliphatic rings. The molecule has 0 saturated carbocycles. The molecule has 1 rings (SSSR count). The van der Waals surface area contributed by atoms with Crippen LogP contribution in [0.4, 0.5) is 13.2 Å². The number of halogens is 3. The van der Waals surface area contributed by atoms with Crippen LogP contribution in [0.15, 0.2) is 42.5 Å². The van der Waals surface area contributed by atoms with Crippen molar-refractivity contribution < 1.29 is 13.2 Å². The van der Waals surface area contributed by atoms with Gasteiger partial charge in [-0.3, -0.25) is 4.90 Å². The molecule has 1 aromatic rings. The third kappa shape index (κ3) is 5.07. The molecule has 0 radical (unpaired) electrons. The zero-order chi connectivity index (χ0) is 14.5. The normalized spacial score (nSPS) is 14.5. The molecule has 0 aliphatic heterocycles. The summed E-state index contributed by atoms with van der Waals surface area (Å²) in [6, 6.07) is 9.09. The van der Waals surface area contributed by atoms with Gasteiger partial charge in [-0.1, -0.05) is 43.3 Å². The molecule has 4 heteroatoms. The Morgan fingerprint density at radius 1 is 1.16 bits per heavy atom. The summed E-state index contributed by atoms with van der Waals surface area (Å²) < 4.78 is 37.2. The first-order valence-corrected chi connectivity index (χ1v) is 6.42. The van der Waals surface area contributed by atoms with E-state index >= 15 is 0 Å². The highest BCUT2D eigenvalue weighted by molar-refractivity contribution is 5.23. The molecular formula is C15H20F3N. The van der Waals surface area contributed by atoms with Crippen molar-refractivity contribution in [2.45, 2.75) is 39.0 Å². The van der Waals surface area contributed by atoms with Crippen LogP contribution in [0.3, 0.4) is 0 Å². The highest BCUT2D eigenvalue weighted by Gasteiger charge is 2.25. The average Bonchev–Trinajstić information content (AvgIpc) is 2.33. The summed E-state index contributed by atoms with van der Waals surface area (Å²) >= 11 is 0. The number of hydrogen-bond acceptors (Lipinski definition) is 1. The third-order valence-electron chi connectivity index (χ3n) is 2.99. The first-order valence-electron chi connectivity index (χ1n) is 6.42. The molecule has 1 nitrogen and oxygen atoms in total. The van der Waals surface area contributed by atoms with Crippen molar-refractivity contribution in [3.05, 3.63) is 48.0 Å². The van der Waals surface area contributed by atoms with E-state index < -0.39 is 6.18 Å². The molecule has 106 valence electrons. The zero-order valence-electron chi connectivity index (χ0n) is 11.5. The molecule has 0 bridgehead atoms. The van der Waals surface area contributed by atoms with Crippen LogP contribution in [-0.2, 0) is 0 Å². The first kappa shape index (κ1) is 15.8. The Kier molecular flexibility index (Phi) is 5.60. The molecule has 1 atom stereocenters. The number of hydrogen-bond donors (Lipinski definition) is 0. The van der Waals surface area contributed by atoms with Crippen LogP contribution < -0.4 is 0 Å². The maximum atomic E-state index is 12.4. The first-order chi connectivity index (χ1) is 8.85. The predicted molar refractivity (Wildman–Crippen MR) is 71.9 cm³/mol. The summed E-state index contributed by atoms with van der Waals surface area (Å²) in [4.78, 5) is 2.03. The Hall–Kier alpha value is -1.29. The van der Waals surface area contributed by atoms with Gasteiger partial charge in [0, 0.05) is 12.1 Å². The largest absolute Gasteiger partial charge is 0.409 e. The second kappa shape index (κ2) is 6.75. The highest BCUT2D eigenvalue weighted by Crippen LogP contribution is 2.26. The summed E-state index contributed by atoms with van der Waals surface area (Å²) in [6.45, 7) is 6.62. The molecule has 1 aromatic carbocycles. The molecule has 0 aromatic heterocycles. The van der Waals surface area contributed by atoms with Crippen molar-refractivity contribution in [2.24, 2.45) is 0 Å². The summed E-state index contributed by atoms with van der Waals surface area (Å²) in [6.07, 6.45) is -2.71. The number of nitrogens with zero attached hydrogens (tertiary/aromatic N) is 1. The van der Waals surface area contributed by atoms with Crippen LogP contribution in [0.25, 0.3) is 0 Å². The summed E-state index contributed by atoms with van der Waals surface area (Å²) in [5.74, 6) is 0. The number of allylic oxidation sites excluding steroid dienone is 1. The summed E-state index contributed by atoms with van der Waals surface area (Å²) in [7, 11) is 0. The van der Waals surface area contributed by atoms with E-state index in [1.807, 2.05) is 56.0 Å². The van der Waals surface area contributed by atoms with Crippen molar-refractivity contribution in [1.29, 1.82) is 0 Å². The predicted octanol–water partition coefficient (Wildman–Crippen LogP) is 4.58. The van der Waals surface area contributed by atoms with E-state index in [2.05, 4.69) is 0 Å². The van der Waals surface area contributed by atoms with Crippen molar-refractivity contribution in [3.63, 3.8) is 0 Å². The molecule has 0 heterocycles. The fraction of sp³-hybridized carbons (Fsp3) is 0.467. The molecule has 0 aliphatic carbocycles. The summed E-state index contributed by atoms with van der Waals surface area (Å²) in [5, 5.41) is 0. The Morgan fingerprint density at radius 3 is 2.16 bits per heavy atom. The van der Waals surface area contributed by atoms with Gasteiger partial charge in [-0.15, -0.1) is 0 Å². The lowest BCUT2D eigenvalue weighted by atomic mass is 10.0. The molecule has 1 unspecified atom stereocenters. The molecular weight excluding hydrogens is 251 g/mol. The van der Waals surface area contributed by atoms with Gasteiger partial charge in [0.1, 0.15) is 0 Å². The van der Waals surface area contributed by atoms with E-state index in [4.69, 9.17) is 0 Å². The van der Waals surface area contributed by atoms with E-state index in [9.17, 15) is 13.2 Å². The van der Waals surface area contributed by atoms with Crippen LogP contribution >= 0.6 is 0 Å². The molecule has 0 amide bonds. The highest BCUT2D eigenvalue weighted by atomic mass is 19.4. The van der Waals surface area contributed by atoms with Gasteiger partial charge in [-0.05, 0) is 26.0 Å². The summed E-state index contributed by atoms with van der Waals surface area (Å²) in [5.41, 5.74) is 0.874. The standard InChI is InChI=1S/C15H20F3N/c1-4-19(12(2)3)14(10-11-15(16,17)18)13-8-6-5-7-9-13/h5-12,14H,4H2,1-3H3/b11-10+. The van der Waals surface area contributed by atoms with E-state index in [-0.39, 0.29) is 12.1 Å². The molecule has 19 heavy (non-hydrogen) atoms. The van der Waals surface area contributed by atoms with Gasteiger partial charge in [0.05, 0.1) is 6.04 Å². The molecule has 0 saturated heterocycles. The topological polar surface area (TPSA) is 3.24 Å². The fourth-order valence-electron chi connectivity index (χ4n) is 2.15. The van der Waals surface area contributed by atoms with Crippen molar-refractivity contribution >= 4 is 0 Å². The molecule has 0 spiro atoms. The van der Waals surface area contributed by atoms with Crippen LogP contribution in [0.1, 0.15) is 32.4 Å². The van der Waals surface area contributed by atoms with E-state index in [0.717, 1.165) is 5.56 Å². The lowest BCUT2D eigenvalue weighted by Gasteiger charge is -2.32. The Bertz CT molecular complexity index is 396. The zero-order valence-corrected chi connectivity index (χ0v) is 11.5. The van der Waals surface area contributed by atoms with Gasteiger partial charge in [0.25, 0.3) is 0 Å². The van der Waals surface area contributed by atoms with Crippen LogP contribution in [-0.4, -0.2) is 23.7 Å². The molecule has 0 fully saturated rings. The number of alkyl halides is 3. The number of rotatable bonds is 5. The van der Waals surface area contributed by atoms with E-state index in [1.165, 1.54) is 6.08 Å². The van der Waals surface area contributed by atoms with Crippen molar-refractivity contribution in [3.8, 4) is 0 Å². The lowest BCUT2D eigenvalue weighted by Crippen LogP contribution is -2.34. The maximum absolute atomic E-state index is 12.4. The Balaban J connectivity index is 3.07. The number of likely N-dealkylation sites (N-methyl/N-ethyl adjacent to an activating group) is 1. The minimum absolute atomic E-state index is 0.174. The molecule has 0 N–H and O–H groups in total. The van der Waals surface area contributed by atoms with Crippen LogP contribution in [0.2, 0.25) is 0 Å². The van der Waals surface area contributed by atoms with Gasteiger partial charge in [-0.2, -0.15) is 13.2 Å². The van der Waals surface area contributed by atoms with Gasteiger partial charge in [-0.25, -0.2) is 0 Å². The third-order valence-corrected chi connectivity index (χ3v) is 2.99. The van der Waals surface area contributed by atoms with Gasteiger partial charge in [0.15, 0.2) is 0 Å². The van der Waals surface area contributed by atoms with E-state index in [1.54, 1.807) is 0 Å². The Labute approximate surface area is 112 Å². The monoisotopic (exact) mass is 271 g/mol. The second-order valence-electron chi connectivity index (χ2n) is 4.68. The van der Waals surface area contributed by atoms with E-state index in [0.29, 0.717) is 12.6 Å². The van der Waals surface area contributed by atoms with Crippen molar-refractivity contribution in [1.82, 2.24) is 4.90 Å². The minimum atomic E-state index is -4.27.